The molecule has 0 aliphatic carbocycles. The molecule has 0 radical (unpaired) electrons. The number of nitrogen functional groups attached to an aromatic ring is 2. The third kappa shape index (κ3) is 4.26. The van der Waals surface area contributed by atoms with Crippen molar-refractivity contribution in [2.24, 2.45) is 0 Å². The van der Waals surface area contributed by atoms with Crippen molar-refractivity contribution in [3.05, 3.63) is 53.9 Å². The van der Waals surface area contributed by atoms with Crippen LogP contribution in [-0.4, -0.2) is 32.0 Å². The minimum atomic E-state index is -0.498. The van der Waals surface area contributed by atoms with Crippen LogP contribution in [0.3, 0.4) is 0 Å². The van der Waals surface area contributed by atoms with Crippen LogP contribution in [0.5, 0.6) is 0 Å². The number of nitrogens with two attached hydrogens (primary N) is 2. The molecule has 6 N–H and O–H groups in total. The van der Waals surface area contributed by atoms with Crippen molar-refractivity contribution >= 4 is 33.8 Å². The standard InChI is InChI=1S/C24H26FN7.CH4O/c1-13-5-3-4-6-32-20(13)9-22(31-32)30-21-8-15-7-16(17-10-28-12-19(26)14(17)2)23(25)24(27)18(15)11-29-21;1-2/h7-13H,3-6,26-27H2,1-2H3,(H,29,30,31);2H,1H3. The predicted octanol–water partition coefficient (Wildman–Crippen LogP) is 4.74. The number of nitrogens with one attached hydrogen (secondary N) is 1. The van der Waals surface area contributed by atoms with Crippen molar-refractivity contribution in [2.75, 3.05) is 23.9 Å². The highest BCUT2D eigenvalue weighted by Crippen LogP contribution is 2.36. The molecule has 3 aromatic heterocycles. The van der Waals surface area contributed by atoms with Crippen molar-refractivity contribution in [1.29, 1.82) is 0 Å². The molecule has 0 saturated carbocycles. The Balaban J connectivity index is 0.00000133. The van der Waals surface area contributed by atoms with Crippen molar-refractivity contribution in [3.8, 4) is 11.1 Å². The van der Waals surface area contributed by atoms with Gasteiger partial charge in [0.2, 0.25) is 0 Å². The Morgan fingerprint density at radius 1 is 1.06 bits per heavy atom. The number of pyridine rings is 2. The van der Waals surface area contributed by atoms with E-state index in [1.807, 2.05) is 13.0 Å². The number of hydrogen-bond acceptors (Lipinski definition) is 7. The van der Waals surface area contributed by atoms with E-state index >= 15 is 4.39 Å². The highest BCUT2D eigenvalue weighted by Gasteiger charge is 2.19. The SMILES string of the molecule is CO.Cc1c(N)cncc1-c1cc2cc(Nc3cc4n(n3)CCCCC4C)ncc2c(N)c1F. The van der Waals surface area contributed by atoms with Crippen molar-refractivity contribution in [1.82, 2.24) is 19.7 Å². The molecule has 4 aromatic rings. The first-order valence-corrected chi connectivity index (χ1v) is 11.3. The maximum absolute atomic E-state index is 15.1. The fraction of sp³-hybridized carbons (Fsp3) is 0.320. The molecule has 5 rings (SSSR count). The van der Waals surface area contributed by atoms with Crippen LogP contribution in [0.15, 0.2) is 36.8 Å². The Hall–Kier alpha value is -3.72. The number of aliphatic hydroxyl groups is 1. The van der Waals surface area contributed by atoms with E-state index in [0.29, 0.717) is 33.9 Å². The topological polar surface area (TPSA) is 128 Å². The van der Waals surface area contributed by atoms with Gasteiger partial charge in [0.15, 0.2) is 11.6 Å². The summed E-state index contributed by atoms with van der Waals surface area (Å²) in [7, 11) is 1.00. The average molecular weight is 464 g/mol. The van der Waals surface area contributed by atoms with Gasteiger partial charge in [0.25, 0.3) is 0 Å². The Morgan fingerprint density at radius 2 is 1.85 bits per heavy atom. The zero-order chi connectivity index (χ0) is 24.4. The summed E-state index contributed by atoms with van der Waals surface area (Å²) in [6.07, 6.45) is 8.29. The third-order valence-electron chi connectivity index (χ3n) is 6.37. The Kier molecular flexibility index (Phi) is 6.65. The van der Waals surface area contributed by atoms with Crippen molar-refractivity contribution < 1.29 is 9.50 Å². The molecule has 1 unspecified atom stereocenters. The number of aryl methyl sites for hydroxylation is 1. The number of anilines is 4. The van der Waals surface area contributed by atoms with Gasteiger partial charge in [-0.2, -0.15) is 5.10 Å². The van der Waals surface area contributed by atoms with Gasteiger partial charge in [-0.25, -0.2) is 9.37 Å². The molecule has 0 fully saturated rings. The molecule has 1 aliphatic rings. The fourth-order valence-electron chi connectivity index (χ4n) is 4.43. The zero-order valence-corrected chi connectivity index (χ0v) is 19.6. The largest absolute Gasteiger partial charge is 0.400 e. The monoisotopic (exact) mass is 463 g/mol. The molecule has 0 saturated heterocycles. The molecule has 9 heteroatoms. The molecule has 178 valence electrons. The molecule has 0 amide bonds. The number of aliphatic hydroxyl groups excluding tert-OH is 1. The minimum Gasteiger partial charge on any atom is -0.400 e. The first kappa shape index (κ1) is 23.4. The molecule has 0 bridgehead atoms. The van der Waals surface area contributed by atoms with Crippen LogP contribution in [-0.2, 0) is 6.54 Å². The molecule has 1 atom stereocenters. The Morgan fingerprint density at radius 3 is 2.65 bits per heavy atom. The van der Waals surface area contributed by atoms with Gasteiger partial charge in [-0.1, -0.05) is 13.3 Å². The number of halogens is 1. The predicted molar refractivity (Wildman–Crippen MR) is 134 cm³/mol. The number of nitrogens with zero attached hydrogens (tertiary/aromatic N) is 4. The summed E-state index contributed by atoms with van der Waals surface area (Å²) in [6, 6.07) is 5.72. The number of aromatic nitrogens is 4. The smallest absolute Gasteiger partial charge is 0.154 e. The van der Waals surface area contributed by atoms with Crippen LogP contribution in [0, 0.1) is 12.7 Å². The summed E-state index contributed by atoms with van der Waals surface area (Å²) >= 11 is 0. The number of rotatable bonds is 3. The summed E-state index contributed by atoms with van der Waals surface area (Å²) in [4.78, 5) is 8.57. The fourth-order valence-corrected chi connectivity index (χ4v) is 4.43. The molecule has 0 spiro atoms. The van der Waals surface area contributed by atoms with Crippen molar-refractivity contribution in [2.45, 2.75) is 45.6 Å². The lowest BCUT2D eigenvalue weighted by Crippen LogP contribution is -2.04. The second-order valence-corrected chi connectivity index (χ2v) is 8.54. The van der Waals surface area contributed by atoms with Gasteiger partial charge >= 0.3 is 0 Å². The quantitative estimate of drug-likeness (QED) is 0.323. The normalized spacial score (nSPS) is 15.3. The minimum absolute atomic E-state index is 0.0564. The first-order valence-electron chi connectivity index (χ1n) is 11.3. The van der Waals surface area contributed by atoms with Crippen LogP contribution in [0.1, 0.15) is 43.4 Å². The Labute approximate surface area is 197 Å². The molecular formula is C25H30FN7O. The summed E-state index contributed by atoms with van der Waals surface area (Å²) in [5.41, 5.74) is 15.7. The number of hydrogen-bond donors (Lipinski definition) is 4. The second kappa shape index (κ2) is 9.64. The van der Waals surface area contributed by atoms with E-state index in [-0.39, 0.29) is 5.69 Å². The van der Waals surface area contributed by atoms with Gasteiger partial charge in [-0.05, 0) is 48.8 Å². The average Bonchev–Trinajstić information content (AvgIpc) is 3.16. The van der Waals surface area contributed by atoms with Gasteiger partial charge in [0, 0.05) is 54.3 Å². The van der Waals surface area contributed by atoms with Gasteiger partial charge in [0.05, 0.1) is 17.6 Å². The second-order valence-electron chi connectivity index (χ2n) is 8.54. The van der Waals surface area contributed by atoms with E-state index in [4.69, 9.17) is 21.7 Å². The number of benzene rings is 1. The molecule has 34 heavy (non-hydrogen) atoms. The van der Waals surface area contributed by atoms with Crippen LogP contribution >= 0.6 is 0 Å². The van der Waals surface area contributed by atoms with E-state index in [9.17, 15) is 0 Å². The van der Waals surface area contributed by atoms with Crippen molar-refractivity contribution in [3.63, 3.8) is 0 Å². The van der Waals surface area contributed by atoms with E-state index in [1.165, 1.54) is 18.5 Å². The number of fused-ring (bicyclic) bond motifs is 2. The van der Waals surface area contributed by atoms with Gasteiger partial charge in [-0.3, -0.25) is 9.67 Å². The lowest BCUT2D eigenvalue weighted by atomic mass is 9.97. The van der Waals surface area contributed by atoms with Crippen LogP contribution in [0.2, 0.25) is 0 Å². The van der Waals surface area contributed by atoms with E-state index in [0.717, 1.165) is 36.8 Å². The summed E-state index contributed by atoms with van der Waals surface area (Å²) < 4.78 is 17.2. The summed E-state index contributed by atoms with van der Waals surface area (Å²) in [5, 5.41) is 16.3. The van der Waals surface area contributed by atoms with Crippen LogP contribution in [0.25, 0.3) is 21.9 Å². The highest BCUT2D eigenvalue weighted by molar-refractivity contribution is 5.98. The Bertz CT molecular complexity index is 1330. The van der Waals surface area contributed by atoms with E-state index in [1.54, 1.807) is 24.7 Å². The van der Waals surface area contributed by atoms with Crippen LogP contribution < -0.4 is 16.8 Å². The molecule has 4 heterocycles. The third-order valence-corrected chi connectivity index (χ3v) is 6.37. The van der Waals surface area contributed by atoms with Gasteiger partial charge in [-0.15, -0.1) is 0 Å². The molecule has 1 aromatic carbocycles. The zero-order valence-electron chi connectivity index (χ0n) is 19.6. The lowest BCUT2D eigenvalue weighted by Gasteiger charge is -2.13. The lowest BCUT2D eigenvalue weighted by molar-refractivity contribution is 0.399. The molecule has 8 nitrogen and oxygen atoms in total. The van der Waals surface area contributed by atoms with E-state index < -0.39 is 5.82 Å². The summed E-state index contributed by atoms with van der Waals surface area (Å²) in [6.45, 7) is 5.01. The molecular weight excluding hydrogens is 433 g/mol. The maximum Gasteiger partial charge on any atom is 0.154 e. The van der Waals surface area contributed by atoms with Gasteiger partial charge in [0.1, 0.15) is 5.82 Å². The van der Waals surface area contributed by atoms with Gasteiger partial charge < -0.3 is 21.9 Å². The van der Waals surface area contributed by atoms with Crippen LogP contribution in [0.4, 0.5) is 27.4 Å². The van der Waals surface area contributed by atoms with E-state index in [2.05, 4.69) is 33.0 Å². The maximum atomic E-state index is 15.1. The summed E-state index contributed by atoms with van der Waals surface area (Å²) in [5.74, 6) is 1.36. The highest BCUT2D eigenvalue weighted by atomic mass is 19.1. The first-order chi connectivity index (χ1) is 16.4. The molecule has 1 aliphatic heterocycles.